The van der Waals surface area contributed by atoms with Gasteiger partial charge in [0.15, 0.2) is 9.84 Å². The molecule has 1 aromatic carbocycles. The van der Waals surface area contributed by atoms with Crippen LogP contribution in [0.3, 0.4) is 0 Å². The van der Waals surface area contributed by atoms with E-state index in [2.05, 4.69) is 24.1 Å². The smallest absolute Gasteiger partial charge is 0.175 e. The molecular formula is C16H22N2O2S. The second-order valence-corrected chi connectivity index (χ2v) is 6.70. The summed E-state index contributed by atoms with van der Waals surface area (Å²) in [6, 6.07) is 10.6. The van der Waals surface area contributed by atoms with E-state index in [-0.39, 0.29) is 0 Å². The quantitative estimate of drug-likeness (QED) is 0.941. The van der Waals surface area contributed by atoms with E-state index in [1.54, 1.807) is 37.5 Å². The average Bonchev–Trinajstić information content (AvgIpc) is 2.47. The lowest BCUT2D eigenvalue weighted by Crippen LogP contribution is -1.96. The Hall–Kier alpha value is -1.88. The second-order valence-electron chi connectivity index (χ2n) is 4.68. The Morgan fingerprint density at radius 1 is 1.05 bits per heavy atom. The summed E-state index contributed by atoms with van der Waals surface area (Å²) in [6.45, 7) is 4.25. The number of anilines is 1. The minimum absolute atomic E-state index is 0.328. The van der Waals surface area contributed by atoms with Gasteiger partial charge in [0.2, 0.25) is 0 Å². The maximum Gasteiger partial charge on any atom is 0.175 e. The number of sulfone groups is 1. The van der Waals surface area contributed by atoms with Crippen LogP contribution in [0.5, 0.6) is 0 Å². The number of nitrogens with one attached hydrogen (secondary N) is 1. The highest BCUT2D eigenvalue weighted by atomic mass is 32.2. The molecule has 5 heteroatoms. The van der Waals surface area contributed by atoms with Crippen molar-refractivity contribution in [2.75, 3.05) is 18.6 Å². The standard InChI is InChI=1S/C13H14N2O2S.C3H8/c1-14-13-9-11(7-8-15-13)10-3-5-12(6-4-10)18(2,16)17;1-3-2/h3-9H,1-2H3,(H,14,15);3H2,1-2H3. The highest BCUT2D eigenvalue weighted by molar-refractivity contribution is 7.90. The second kappa shape index (κ2) is 7.78. The van der Waals surface area contributed by atoms with Crippen LogP contribution in [-0.2, 0) is 9.84 Å². The molecule has 0 spiro atoms. The largest absolute Gasteiger partial charge is 0.373 e. The van der Waals surface area contributed by atoms with E-state index >= 15 is 0 Å². The van der Waals surface area contributed by atoms with Crippen LogP contribution in [0.15, 0.2) is 47.5 Å². The van der Waals surface area contributed by atoms with E-state index < -0.39 is 9.84 Å². The van der Waals surface area contributed by atoms with Crippen molar-refractivity contribution in [3.63, 3.8) is 0 Å². The first-order valence-corrected chi connectivity index (χ1v) is 8.75. The summed E-state index contributed by atoms with van der Waals surface area (Å²) in [5, 5.41) is 2.97. The molecule has 21 heavy (non-hydrogen) atoms. The van der Waals surface area contributed by atoms with Gasteiger partial charge in [-0.25, -0.2) is 13.4 Å². The molecule has 1 N–H and O–H groups in total. The summed E-state index contributed by atoms with van der Waals surface area (Å²) in [5.74, 6) is 0.777. The van der Waals surface area contributed by atoms with Crippen LogP contribution >= 0.6 is 0 Å². The fourth-order valence-electron chi connectivity index (χ4n) is 1.64. The lowest BCUT2D eigenvalue weighted by molar-refractivity contribution is 0.602. The predicted molar refractivity (Wildman–Crippen MR) is 88.3 cm³/mol. The third-order valence-corrected chi connectivity index (χ3v) is 3.76. The number of nitrogens with zero attached hydrogens (tertiary/aromatic N) is 1. The Morgan fingerprint density at radius 3 is 2.10 bits per heavy atom. The van der Waals surface area contributed by atoms with E-state index in [9.17, 15) is 8.42 Å². The van der Waals surface area contributed by atoms with Crippen molar-refractivity contribution < 1.29 is 8.42 Å². The molecule has 1 heterocycles. The van der Waals surface area contributed by atoms with Crippen LogP contribution in [0.25, 0.3) is 11.1 Å². The topological polar surface area (TPSA) is 59.1 Å². The van der Waals surface area contributed by atoms with Crippen LogP contribution in [0, 0.1) is 0 Å². The van der Waals surface area contributed by atoms with Gasteiger partial charge in [-0.2, -0.15) is 0 Å². The number of aromatic nitrogens is 1. The first-order chi connectivity index (χ1) is 9.92. The van der Waals surface area contributed by atoms with Gasteiger partial charge in [0.05, 0.1) is 4.90 Å². The van der Waals surface area contributed by atoms with Crippen LogP contribution in [0.1, 0.15) is 20.3 Å². The Bertz CT molecular complexity index is 665. The third kappa shape index (κ3) is 5.19. The fraction of sp³-hybridized carbons (Fsp3) is 0.312. The van der Waals surface area contributed by atoms with Crippen molar-refractivity contribution in [1.29, 1.82) is 0 Å². The summed E-state index contributed by atoms with van der Waals surface area (Å²) in [5.41, 5.74) is 1.95. The summed E-state index contributed by atoms with van der Waals surface area (Å²) >= 11 is 0. The molecule has 0 unspecified atom stereocenters. The Morgan fingerprint density at radius 2 is 1.62 bits per heavy atom. The van der Waals surface area contributed by atoms with Crippen molar-refractivity contribution >= 4 is 15.7 Å². The number of hydrogen-bond donors (Lipinski definition) is 1. The van der Waals surface area contributed by atoms with E-state index in [0.717, 1.165) is 16.9 Å². The van der Waals surface area contributed by atoms with E-state index in [4.69, 9.17) is 0 Å². The number of pyridine rings is 1. The van der Waals surface area contributed by atoms with Crippen molar-refractivity contribution in [2.45, 2.75) is 25.2 Å². The average molecular weight is 306 g/mol. The van der Waals surface area contributed by atoms with Crippen molar-refractivity contribution in [2.24, 2.45) is 0 Å². The maximum atomic E-state index is 11.4. The van der Waals surface area contributed by atoms with Gasteiger partial charge >= 0.3 is 0 Å². The molecule has 0 radical (unpaired) electrons. The van der Waals surface area contributed by atoms with Gasteiger partial charge in [0.1, 0.15) is 5.82 Å². The lowest BCUT2D eigenvalue weighted by Gasteiger charge is -2.05. The van der Waals surface area contributed by atoms with E-state index in [1.165, 1.54) is 12.7 Å². The normalized spacial score (nSPS) is 10.5. The molecule has 1 aromatic heterocycles. The van der Waals surface area contributed by atoms with Gasteiger partial charge in [-0.1, -0.05) is 32.4 Å². The first kappa shape index (κ1) is 17.2. The zero-order valence-electron chi connectivity index (χ0n) is 12.9. The van der Waals surface area contributed by atoms with Crippen LogP contribution < -0.4 is 5.32 Å². The molecule has 0 bridgehead atoms. The SMILES string of the molecule is CCC.CNc1cc(-c2ccc(S(C)(=O)=O)cc2)ccn1. The van der Waals surface area contributed by atoms with Gasteiger partial charge in [-0.3, -0.25) is 0 Å². The number of benzene rings is 1. The molecule has 0 fully saturated rings. The highest BCUT2D eigenvalue weighted by Crippen LogP contribution is 2.22. The Kier molecular flexibility index (Phi) is 6.37. The maximum absolute atomic E-state index is 11.4. The lowest BCUT2D eigenvalue weighted by atomic mass is 10.1. The minimum Gasteiger partial charge on any atom is -0.373 e. The summed E-state index contributed by atoms with van der Waals surface area (Å²) < 4.78 is 22.7. The van der Waals surface area contributed by atoms with Gasteiger partial charge in [0.25, 0.3) is 0 Å². The molecular weight excluding hydrogens is 284 g/mol. The van der Waals surface area contributed by atoms with Gasteiger partial charge in [-0.05, 0) is 35.4 Å². The minimum atomic E-state index is -3.14. The Labute approximate surface area is 127 Å². The number of rotatable bonds is 3. The predicted octanol–water partition coefficient (Wildman–Crippen LogP) is 3.61. The van der Waals surface area contributed by atoms with Crippen molar-refractivity contribution in [3.05, 3.63) is 42.6 Å². The van der Waals surface area contributed by atoms with Crippen LogP contribution in [0.4, 0.5) is 5.82 Å². The molecule has 0 aliphatic heterocycles. The molecule has 0 aliphatic carbocycles. The van der Waals surface area contributed by atoms with E-state index in [0.29, 0.717) is 4.90 Å². The number of hydrogen-bond acceptors (Lipinski definition) is 4. The van der Waals surface area contributed by atoms with Crippen LogP contribution in [-0.4, -0.2) is 26.7 Å². The zero-order valence-corrected chi connectivity index (χ0v) is 13.7. The summed E-state index contributed by atoms with van der Waals surface area (Å²) in [6.07, 6.45) is 4.17. The van der Waals surface area contributed by atoms with Crippen molar-refractivity contribution in [1.82, 2.24) is 4.98 Å². The first-order valence-electron chi connectivity index (χ1n) is 6.86. The molecule has 4 nitrogen and oxygen atoms in total. The zero-order chi connectivity index (χ0) is 15.9. The molecule has 0 atom stereocenters. The summed E-state index contributed by atoms with van der Waals surface area (Å²) in [7, 11) is -1.33. The fourth-order valence-corrected chi connectivity index (χ4v) is 2.27. The van der Waals surface area contributed by atoms with Gasteiger partial charge in [0, 0.05) is 19.5 Å². The van der Waals surface area contributed by atoms with E-state index in [1.807, 2.05) is 12.1 Å². The molecule has 0 aliphatic rings. The molecule has 2 rings (SSSR count). The molecule has 114 valence electrons. The third-order valence-electron chi connectivity index (χ3n) is 2.63. The monoisotopic (exact) mass is 306 g/mol. The van der Waals surface area contributed by atoms with Crippen molar-refractivity contribution in [3.8, 4) is 11.1 Å². The Balaban J connectivity index is 0.000000677. The van der Waals surface area contributed by atoms with Crippen LogP contribution in [0.2, 0.25) is 0 Å². The molecule has 0 saturated heterocycles. The highest BCUT2D eigenvalue weighted by Gasteiger charge is 2.07. The molecule has 0 amide bonds. The van der Waals surface area contributed by atoms with Gasteiger partial charge in [-0.15, -0.1) is 0 Å². The summed E-state index contributed by atoms with van der Waals surface area (Å²) in [4.78, 5) is 4.46. The van der Waals surface area contributed by atoms with Gasteiger partial charge < -0.3 is 5.32 Å². The molecule has 0 saturated carbocycles. The molecule has 2 aromatic rings.